The van der Waals surface area contributed by atoms with Crippen LogP contribution in [0.3, 0.4) is 0 Å². The van der Waals surface area contributed by atoms with Crippen LogP contribution in [0.1, 0.15) is 11.1 Å². The molecule has 0 aliphatic carbocycles. The van der Waals surface area contributed by atoms with Crippen LogP contribution in [0.5, 0.6) is 5.75 Å². The maximum atomic E-state index is 13.1. The van der Waals surface area contributed by atoms with Gasteiger partial charge in [-0.25, -0.2) is 9.69 Å². The number of anilines is 1. The number of urea groups is 1. The third kappa shape index (κ3) is 5.27. The van der Waals surface area contributed by atoms with Gasteiger partial charge in [-0.05, 0) is 60.2 Å². The Labute approximate surface area is 207 Å². The van der Waals surface area contributed by atoms with Crippen LogP contribution in [-0.2, 0) is 16.2 Å². The Morgan fingerprint density at radius 1 is 0.939 bits per heavy atom. The number of nitrogens with one attached hydrogen (secondary N) is 1. The Morgan fingerprint density at radius 3 is 2.39 bits per heavy atom. The minimum Gasteiger partial charge on any atom is -0.488 e. The lowest BCUT2D eigenvalue weighted by molar-refractivity contribution is -0.122. The molecule has 0 bridgehead atoms. The van der Waals surface area contributed by atoms with Crippen molar-refractivity contribution < 1.29 is 19.1 Å². The summed E-state index contributed by atoms with van der Waals surface area (Å²) in [5, 5.41) is 3.13. The van der Waals surface area contributed by atoms with Crippen molar-refractivity contribution in [2.75, 3.05) is 4.90 Å². The third-order valence-corrected chi connectivity index (χ3v) is 5.69. The summed E-state index contributed by atoms with van der Waals surface area (Å²) >= 11 is 15.4. The van der Waals surface area contributed by atoms with Gasteiger partial charge in [-0.1, -0.05) is 57.3 Å². The van der Waals surface area contributed by atoms with E-state index < -0.39 is 17.8 Å². The Bertz CT molecular complexity index is 1310. The van der Waals surface area contributed by atoms with Crippen molar-refractivity contribution in [1.82, 2.24) is 5.32 Å². The van der Waals surface area contributed by atoms with E-state index in [1.807, 2.05) is 12.1 Å². The summed E-state index contributed by atoms with van der Waals surface area (Å²) in [6, 6.07) is 17.8. The number of halogens is 3. The predicted molar refractivity (Wildman–Crippen MR) is 130 cm³/mol. The molecule has 4 rings (SSSR count). The van der Waals surface area contributed by atoms with Crippen molar-refractivity contribution in [3.63, 3.8) is 0 Å². The number of rotatable bonds is 5. The fraction of sp³-hybridized carbons (Fsp3) is 0.0417. The second kappa shape index (κ2) is 9.79. The van der Waals surface area contributed by atoms with E-state index in [-0.39, 0.29) is 17.9 Å². The van der Waals surface area contributed by atoms with Gasteiger partial charge >= 0.3 is 6.03 Å². The number of hydrogen-bond donors (Lipinski definition) is 1. The number of barbiturate groups is 1. The Balaban J connectivity index is 1.68. The number of carbonyl (C=O) groups excluding carboxylic acids is 3. The second-order valence-corrected chi connectivity index (χ2v) is 8.83. The zero-order valence-electron chi connectivity index (χ0n) is 16.8. The quantitative estimate of drug-likeness (QED) is 0.315. The Hall–Kier alpha value is -3.13. The van der Waals surface area contributed by atoms with Gasteiger partial charge in [-0.15, -0.1) is 0 Å². The van der Waals surface area contributed by atoms with Gasteiger partial charge in [-0.2, -0.15) is 0 Å². The minimum absolute atomic E-state index is 0.222. The fourth-order valence-corrected chi connectivity index (χ4v) is 3.99. The maximum Gasteiger partial charge on any atom is 0.335 e. The van der Waals surface area contributed by atoms with Crippen LogP contribution in [0.2, 0.25) is 10.0 Å². The molecule has 4 amide bonds. The average Bonchev–Trinajstić information content (AvgIpc) is 2.76. The maximum absolute atomic E-state index is 13.1. The van der Waals surface area contributed by atoms with E-state index in [0.29, 0.717) is 21.4 Å². The number of amides is 4. The number of nitrogens with zero attached hydrogens (tertiary/aromatic N) is 1. The van der Waals surface area contributed by atoms with Crippen molar-refractivity contribution in [1.29, 1.82) is 0 Å². The van der Waals surface area contributed by atoms with Gasteiger partial charge in [0.1, 0.15) is 17.9 Å². The molecule has 1 fully saturated rings. The minimum atomic E-state index is -0.851. The van der Waals surface area contributed by atoms with Gasteiger partial charge in [0, 0.05) is 20.1 Å². The summed E-state index contributed by atoms with van der Waals surface area (Å²) in [5.41, 5.74) is 1.36. The molecule has 9 heteroatoms. The zero-order valence-corrected chi connectivity index (χ0v) is 19.9. The molecule has 6 nitrogen and oxygen atoms in total. The van der Waals surface area contributed by atoms with Gasteiger partial charge in [0.05, 0.1) is 5.69 Å². The lowest BCUT2D eigenvalue weighted by atomic mass is 10.1. The summed E-state index contributed by atoms with van der Waals surface area (Å²) in [6.45, 7) is 0.228. The van der Waals surface area contributed by atoms with Crippen LogP contribution >= 0.6 is 39.1 Å². The smallest absolute Gasteiger partial charge is 0.335 e. The van der Waals surface area contributed by atoms with Crippen molar-refractivity contribution >= 4 is 68.7 Å². The topological polar surface area (TPSA) is 75.7 Å². The standard InChI is InChI=1S/C24H15BrCl2N2O4/c25-16-7-8-21(33-13-14-3-1-4-17(26)9-14)15(10-16)11-20-22(30)28-24(32)29(23(20)31)19-6-2-5-18(27)12-19/h1-12H,13H2,(H,28,30,32)/b20-11+. The van der Waals surface area contributed by atoms with Crippen LogP contribution in [0.25, 0.3) is 6.08 Å². The molecule has 33 heavy (non-hydrogen) atoms. The Kier molecular flexibility index (Phi) is 6.83. The molecule has 0 aromatic heterocycles. The van der Waals surface area contributed by atoms with E-state index in [1.54, 1.807) is 48.5 Å². The Morgan fingerprint density at radius 2 is 1.67 bits per heavy atom. The average molecular weight is 546 g/mol. The highest BCUT2D eigenvalue weighted by Crippen LogP contribution is 2.29. The van der Waals surface area contributed by atoms with E-state index in [2.05, 4.69) is 21.2 Å². The molecular formula is C24H15BrCl2N2O4. The lowest BCUT2D eigenvalue weighted by Gasteiger charge is -2.26. The molecule has 0 radical (unpaired) electrons. The van der Waals surface area contributed by atoms with Crippen molar-refractivity contribution in [2.45, 2.75) is 6.61 Å². The van der Waals surface area contributed by atoms with Crippen molar-refractivity contribution in [3.05, 3.63) is 97.9 Å². The molecular weight excluding hydrogens is 531 g/mol. The van der Waals surface area contributed by atoms with E-state index >= 15 is 0 Å². The monoisotopic (exact) mass is 544 g/mol. The van der Waals surface area contributed by atoms with E-state index in [4.69, 9.17) is 27.9 Å². The van der Waals surface area contributed by atoms with Crippen LogP contribution in [0.4, 0.5) is 10.5 Å². The lowest BCUT2D eigenvalue weighted by Crippen LogP contribution is -2.54. The first-order chi connectivity index (χ1) is 15.8. The highest BCUT2D eigenvalue weighted by Gasteiger charge is 2.37. The summed E-state index contributed by atoms with van der Waals surface area (Å²) < 4.78 is 6.65. The summed E-state index contributed by atoms with van der Waals surface area (Å²) in [5.74, 6) is -1.13. The zero-order chi connectivity index (χ0) is 23.5. The van der Waals surface area contributed by atoms with Crippen LogP contribution < -0.4 is 15.0 Å². The van der Waals surface area contributed by atoms with Gasteiger partial charge in [0.15, 0.2) is 0 Å². The van der Waals surface area contributed by atoms with Crippen LogP contribution in [-0.4, -0.2) is 17.8 Å². The number of ether oxygens (including phenoxy) is 1. The largest absolute Gasteiger partial charge is 0.488 e. The summed E-state index contributed by atoms with van der Waals surface area (Å²) in [4.78, 5) is 38.9. The first-order valence-electron chi connectivity index (χ1n) is 9.65. The molecule has 1 aliphatic heterocycles. The van der Waals surface area contributed by atoms with Gasteiger partial charge < -0.3 is 4.74 Å². The third-order valence-electron chi connectivity index (χ3n) is 4.72. The molecule has 1 heterocycles. The van der Waals surface area contributed by atoms with Crippen LogP contribution in [0.15, 0.2) is 76.8 Å². The normalized spacial score (nSPS) is 15.1. The van der Waals surface area contributed by atoms with E-state index in [0.717, 1.165) is 14.9 Å². The first-order valence-corrected chi connectivity index (χ1v) is 11.2. The fourth-order valence-electron chi connectivity index (χ4n) is 3.21. The van der Waals surface area contributed by atoms with E-state index in [9.17, 15) is 14.4 Å². The van der Waals surface area contributed by atoms with Gasteiger partial charge in [0.2, 0.25) is 0 Å². The number of carbonyl (C=O) groups is 3. The molecule has 0 spiro atoms. The number of imide groups is 2. The summed E-state index contributed by atoms with van der Waals surface area (Å²) in [7, 11) is 0. The molecule has 0 unspecified atom stereocenters. The molecule has 1 saturated heterocycles. The molecule has 3 aromatic carbocycles. The molecule has 1 N–H and O–H groups in total. The predicted octanol–water partition coefficient (Wildman–Crippen LogP) is 6.00. The molecule has 0 atom stereocenters. The summed E-state index contributed by atoms with van der Waals surface area (Å²) in [6.07, 6.45) is 1.39. The first kappa shape index (κ1) is 23.0. The molecule has 166 valence electrons. The van der Waals surface area contributed by atoms with Crippen molar-refractivity contribution in [3.8, 4) is 5.75 Å². The second-order valence-electron chi connectivity index (χ2n) is 7.04. The number of benzene rings is 3. The highest BCUT2D eigenvalue weighted by molar-refractivity contribution is 9.10. The van der Waals surface area contributed by atoms with E-state index in [1.165, 1.54) is 12.1 Å². The van der Waals surface area contributed by atoms with Gasteiger partial charge in [-0.3, -0.25) is 14.9 Å². The molecule has 3 aromatic rings. The van der Waals surface area contributed by atoms with Gasteiger partial charge in [0.25, 0.3) is 11.8 Å². The SMILES string of the molecule is O=C1NC(=O)N(c2cccc(Cl)c2)C(=O)/C1=C/c1cc(Br)ccc1OCc1cccc(Cl)c1. The molecule has 0 saturated carbocycles. The van der Waals surface area contributed by atoms with Crippen LogP contribution in [0, 0.1) is 0 Å². The molecule has 1 aliphatic rings. The van der Waals surface area contributed by atoms with Crippen molar-refractivity contribution in [2.24, 2.45) is 0 Å². The highest BCUT2D eigenvalue weighted by atomic mass is 79.9. The number of hydrogen-bond acceptors (Lipinski definition) is 4.